The molecule has 0 radical (unpaired) electrons. The quantitative estimate of drug-likeness (QED) is 0.500. The number of nitrogen functional groups attached to an aromatic ring is 1. The predicted octanol–water partition coefficient (Wildman–Crippen LogP) is 0.816. The van der Waals surface area contributed by atoms with Gasteiger partial charge < -0.3 is 24.7 Å². The van der Waals surface area contributed by atoms with Crippen molar-refractivity contribution in [3.05, 3.63) is 47.0 Å². The number of ether oxygens (including phenoxy) is 4. The van der Waals surface area contributed by atoms with E-state index in [9.17, 15) is 19.2 Å². The van der Waals surface area contributed by atoms with Crippen LogP contribution < -0.4 is 11.4 Å². The molecule has 2 N–H and O–H groups in total. The van der Waals surface area contributed by atoms with Gasteiger partial charge in [0, 0.05) is 32.5 Å². The molecule has 0 spiro atoms. The zero-order valence-corrected chi connectivity index (χ0v) is 17.7. The number of aromatic nitrogens is 2. The summed E-state index contributed by atoms with van der Waals surface area (Å²) in [7, 11) is 0. The molecule has 0 saturated carbocycles. The molecule has 0 unspecified atom stereocenters. The first-order chi connectivity index (χ1) is 15.2. The molecule has 0 amide bonds. The lowest BCUT2D eigenvalue weighted by atomic mass is 10.1. The van der Waals surface area contributed by atoms with Crippen LogP contribution in [0.25, 0.3) is 11.1 Å². The number of esters is 3. The Balaban J connectivity index is 2.07. The molecule has 1 aliphatic heterocycles. The average molecular weight is 445 g/mol. The fraction of sp³-hybridized carbons (Fsp3) is 0.381. The molecule has 2 heterocycles. The Morgan fingerprint density at radius 2 is 1.66 bits per heavy atom. The number of carbonyl (C=O) groups excluding carboxylic acids is 3. The van der Waals surface area contributed by atoms with Crippen LogP contribution in [-0.2, 0) is 33.3 Å². The summed E-state index contributed by atoms with van der Waals surface area (Å²) in [5.41, 5.74) is 6.34. The molecular weight excluding hydrogens is 422 g/mol. The molecule has 1 aliphatic rings. The number of nitrogens with two attached hydrogens (primary N) is 1. The lowest BCUT2D eigenvalue weighted by molar-refractivity contribution is -0.166. The maximum atomic E-state index is 12.7. The van der Waals surface area contributed by atoms with Crippen molar-refractivity contribution in [2.24, 2.45) is 0 Å². The van der Waals surface area contributed by atoms with Gasteiger partial charge in [-0.05, 0) is 5.56 Å². The zero-order chi connectivity index (χ0) is 23.4. The lowest BCUT2D eigenvalue weighted by Gasteiger charge is -2.24. The van der Waals surface area contributed by atoms with E-state index in [1.165, 1.54) is 27.0 Å². The molecule has 0 aliphatic carbocycles. The Labute approximate surface area is 183 Å². The van der Waals surface area contributed by atoms with Gasteiger partial charge in [0.15, 0.2) is 18.4 Å². The van der Waals surface area contributed by atoms with Gasteiger partial charge in [0.1, 0.15) is 18.5 Å². The number of anilines is 1. The van der Waals surface area contributed by atoms with Crippen molar-refractivity contribution < 1.29 is 33.3 Å². The van der Waals surface area contributed by atoms with Crippen LogP contribution >= 0.6 is 0 Å². The summed E-state index contributed by atoms with van der Waals surface area (Å²) >= 11 is 0. The van der Waals surface area contributed by atoms with E-state index in [1.807, 2.05) is 6.07 Å². The van der Waals surface area contributed by atoms with E-state index in [2.05, 4.69) is 4.98 Å². The van der Waals surface area contributed by atoms with Crippen molar-refractivity contribution >= 4 is 23.7 Å². The van der Waals surface area contributed by atoms with E-state index in [-0.39, 0.29) is 12.4 Å². The molecule has 1 aromatic carbocycles. The summed E-state index contributed by atoms with van der Waals surface area (Å²) in [5.74, 6) is -1.93. The maximum absolute atomic E-state index is 12.7. The molecule has 2 aromatic rings. The Morgan fingerprint density at radius 1 is 1.03 bits per heavy atom. The Kier molecular flexibility index (Phi) is 6.89. The van der Waals surface area contributed by atoms with Crippen LogP contribution in [0.5, 0.6) is 0 Å². The van der Waals surface area contributed by atoms with Gasteiger partial charge in [0.25, 0.3) is 0 Å². The Hall–Kier alpha value is -3.73. The van der Waals surface area contributed by atoms with Gasteiger partial charge in [0.2, 0.25) is 0 Å². The lowest BCUT2D eigenvalue weighted by Crippen LogP contribution is -2.42. The first kappa shape index (κ1) is 22.9. The van der Waals surface area contributed by atoms with Crippen LogP contribution in [0.2, 0.25) is 0 Å². The summed E-state index contributed by atoms with van der Waals surface area (Å²) in [4.78, 5) is 51.3. The highest BCUT2D eigenvalue weighted by atomic mass is 16.7. The van der Waals surface area contributed by atoms with Crippen molar-refractivity contribution in [1.82, 2.24) is 9.55 Å². The normalized spacial score (nSPS) is 22.2. The van der Waals surface area contributed by atoms with Gasteiger partial charge in [0.05, 0.1) is 0 Å². The van der Waals surface area contributed by atoms with E-state index in [4.69, 9.17) is 24.7 Å². The number of carbonyl (C=O) groups is 3. The smallest absolute Gasteiger partial charge is 0.351 e. The Morgan fingerprint density at radius 3 is 2.25 bits per heavy atom. The number of hydrogen-bond donors (Lipinski definition) is 1. The topological polar surface area (TPSA) is 149 Å². The predicted molar refractivity (Wildman–Crippen MR) is 110 cm³/mol. The van der Waals surface area contributed by atoms with Gasteiger partial charge in [-0.15, -0.1) is 0 Å². The highest BCUT2D eigenvalue weighted by molar-refractivity contribution is 5.72. The fourth-order valence-corrected chi connectivity index (χ4v) is 3.42. The summed E-state index contributed by atoms with van der Waals surface area (Å²) in [6.45, 7) is 3.26. The second kappa shape index (κ2) is 9.60. The first-order valence-corrected chi connectivity index (χ1v) is 9.74. The van der Waals surface area contributed by atoms with E-state index in [0.29, 0.717) is 11.1 Å². The van der Waals surface area contributed by atoms with Crippen LogP contribution in [0.1, 0.15) is 27.0 Å². The third-order valence-electron chi connectivity index (χ3n) is 4.68. The monoisotopic (exact) mass is 445 g/mol. The van der Waals surface area contributed by atoms with Crippen LogP contribution in [0.4, 0.5) is 5.82 Å². The largest absolute Gasteiger partial charge is 0.463 e. The average Bonchev–Trinajstić information content (AvgIpc) is 3.03. The van der Waals surface area contributed by atoms with Gasteiger partial charge in [-0.1, -0.05) is 30.3 Å². The van der Waals surface area contributed by atoms with Gasteiger partial charge in [-0.3, -0.25) is 19.0 Å². The minimum Gasteiger partial charge on any atom is -0.463 e. The minimum atomic E-state index is -1.22. The Bertz CT molecular complexity index is 1070. The number of rotatable bonds is 6. The second-order valence-electron chi connectivity index (χ2n) is 7.11. The highest BCUT2D eigenvalue weighted by Gasteiger charge is 2.51. The fourth-order valence-electron chi connectivity index (χ4n) is 3.42. The van der Waals surface area contributed by atoms with Gasteiger partial charge >= 0.3 is 23.6 Å². The van der Waals surface area contributed by atoms with Crippen LogP contribution in [0.3, 0.4) is 0 Å². The summed E-state index contributed by atoms with van der Waals surface area (Å²) in [6.07, 6.45) is -3.12. The maximum Gasteiger partial charge on any atom is 0.351 e. The van der Waals surface area contributed by atoms with Crippen molar-refractivity contribution in [2.75, 3.05) is 12.3 Å². The summed E-state index contributed by atoms with van der Waals surface area (Å²) < 4.78 is 22.7. The molecule has 11 heteroatoms. The van der Waals surface area contributed by atoms with E-state index in [0.717, 1.165) is 4.57 Å². The molecule has 3 rings (SSSR count). The summed E-state index contributed by atoms with van der Waals surface area (Å²) in [6, 6.07) is 8.98. The SMILES string of the molecule is CC(=O)OC[C@H]1O[C@@H](n2cc(-c3ccccc3)c(N)nc2=O)[C@@H](OC(C)=O)[C@@H]1OC(C)=O. The van der Waals surface area contributed by atoms with Gasteiger partial charge in [-0.25, -0.2) is 4.79 Å². The van der Waals surface area contributed by atoms with Crippen molar-refractivity contribution in [3.63, 3.8) is 0 Å². The molecule has 0 bridgehead atoms. The van der Waals surface area contributed by atoms with Gasteiger partial charge in [-0.2, -0.15) is 4.98 Å². The van der Waals surface area contributed by atoms with Crippen LogP contribution in [0.15, 0.2) is 41.3 Å². The molecule has 1 saturated heterocycles. The zero-order valence-electron chi connectivity index (χ0n) is 17.7. The van der Waals surface area contributed by atoms with Crippen molar-refractivity contribution in [2.45, 2.75) is 45.3 Å². The molecule has 32 heavy (non-hydrogen) atoms. The third kappa shape index (κ3) is 5.11. The second-order valence-corrected chi connectivity index (χ2v) is 7.11. The van der Waals surface area contributed by atoms with E-state index >= 15 is 0 Å². The number of benzene rings is 1. The molecule has 1 aromatic heterocycles. The first-order valence-electron chi connectivity index (χ1n) is 9.74. The minimum absolute atomic E-state index is 0.00693. The molecule has 4 atom stereocenters. The molecular formula is C21H23N3O8. The molecule has 170 valence electrons. The molecule has 1 fully saturated rings. The van der Waals surface area contributed by atoms with Crippen LogP contribution in [0, 0.1) is 0 Å². The summed E-state index contributed by atoms with van der Waals surface area (Å²) in [5, 5.41) is 0. The van der Waals surface area contributed by atoms with Crippen molar-refractivity contribution in [1.29, 1.82) is 0 Å². The van der Waals surface area contributed by atoms with Crippen molar-refractivity contribution in [3.8, 4) is 11.1 Å². The third-order valence-corrected chi connectivity index (χ3v) is 4.68. The standard InChI is InChI=1S/C21H23N3O8/c1-11(25)29-10-16-17(30-12(2)26)18(31-13(3)27)20(32-16)24-9-15(19(22)23-21(24)28)14-7-5-4-6-8-14/h4-9,16-18,20H,10H2,1-3H3,(H2,22,23,28)/t16-,17-,18+,20-/m1/s1. The van der Waals surface area contributed by atoms with Crippen LogP contribution in [-0.4, -0.2) is 52.4 Å². The van der Waals surface area contributed by atoms with E-state index < -0.39 is 48.1 Å². The number of nitrogens with zero attached hydrogens (tertiary/aromatic N) is 2. The van der Waals surface area contributed by atoms with E-state index in [1.54, 1.807) is 24.3 Å². The molecule has 11 nitrogen and oxygen atoms in total. The highest BCUT2D eigenvalue weighted by Crippen LogP contribution is 2.35. The number of hydrogen-bond acceptors (Lipinski definition) is 10.